The minimum Gasteiger partial charge on any atom is -0.539 e. The Kier molecular flexibility index (Phi) is 9.42. The van der Waals surface area contributed by atoms with Crippen molar-refractivity contribution in [1.29, 1.82) is 0 Å². The number of quaternary nitrogens is 1. The fourth-order valence-electron chi connectivity index (χ4n) is 3.19. The number of carbonyl (C=O) groups is 2. The zero-order valence-corrected chi connectivity index (χ0v) is 19.1. The molecule has 0 atom stereocenters. The number of carbonyl (C=O) groups excluding carboxylic acids is 1. The molecule has 0 unspecified atom stereocenters. The van der Waals surface area contributed by atoms with Crippen molar-refractivity contribution in [3.8, 4) is 5.75 Å². The number of nitrogens with one attached hydrogen (secondary N) is 1. The first-order valence-corrected chi connectivity index (χ1v) is 10.6. The minimum atomic E-state index is -2.07. The molecule has 32 heavy (non-hydrogen) atoms. The van der Waals surface area contributed by atoms with Gasteiger partial charge < -0.3 is 29.2 Å². The SMILES string of the molecule is CC[NH+](CC)CCn1c(Cc2ccc(OC)cc2)nc2ccc(Cl)nc21.O=C([O-])C(=O)O. The van der Waals surface area contributed by atoms with Gasteiger partial charge in [0.2, 0.25) is 0 Å². The number of imidazole rings is 1. The number of hydrogen-bond donors (Lipinski definition) is 2. The van der Waals surface area contributed by atoms with E-state index in [2.05, 4.69) is 35.5 Å². The van der Waals surface area contributed by atoms with E-state index in [1.54, 1.807) is 18.1 Å². The molecule has 3 rings (SSSR count). The number of ether oxygens (including phenoxy) is 1. The number of aliphatic carboxylic acids is 2. The van der Waals surface area contributed by atoms with Gasteiger partial charge in [0.25, 0.3) is 0 Å². The van der Waals surface area contributed by atoms with E-state index in [9.17, 15) is 0 Å². The summed E-state index contributed by atoms with van der Waals surface area (Å²) in [6, 6.07) is 11.9. The Morgan fingerprint density at radius 2 is 1.75 bits per heavy atom. The Labute approximate surface area is 191 Å². The predicted molar refractivity (Wildman–Crippen MR) is 118 cm³/mol. The molecule has 9 nitrogen and oxygen atoms in total. The Hall–Kier alpha value is -3.17. The van der Waals surface area contributed by atoms with Gasteiger partial charge in [0.05, 0.1) is 33.3 Å². The second-order valence-electron chi connectivity index (χ2n) is 6.98. The van der Waals surface area contributed by atoms with Crippen molar-refractivity contribution in [2.75, 3.05) is 26.7 Å². The van der Waals surface area contributed by atoms with Crippen molar-refractivity contribution in [3.63, 3.8) is 0 Å². The van der Waals surface area contributed by atoms with E-state index in [1.807, 2.05) is 18.2 Å². The maximum absolute atomic E-state index is 9.04. The lowest BCUT2D eigenvalue weighted by atomic mass is 10.1. The van der Waals surface area contributed by atoms with Gasteiger partial charge in [0, 0.05) is 6.42 Å². The van der Waals surface area contributed by atoms with Crippen LogP contribution in [0.4, 0.5) is 0 Å². The number of methoxy groups -OCH3 is 1. The van der Waals surface area contributed by atoms with Crippen molar-refractivity contribution in [1.82, 2.24) is 14.5 Å². The molecule has 0 fully saturated rings. The van der Waals surface area contributed by atoms with Crippen molar-refractivity contribution in [2.45, 2.75) is 26.8 Å². The average molecular weight is 463 g/mol. The van der Waals surface area contributed by atoms with Crippen LogP contribution in [0.15, 0.2) is 36.4 Å². The van der Waals surface area contributed by atoms with Crippen LogP contribution in [-0.2, 0) is 22.6 Å². The third kappa shape index (κ3) is 6.93. The predicted octanol–water partition coefficient (Wildman–Crippen LogP) is 0.430. The number of fused-ring (bicyclic) bond motifs is 1. The highest BCUT2D eigenvalue weighted by Crippen LogP contribution is 2.20. The summed E-state index contributed by atoms with van der Waals surface area (Å²) in [5, 5.41) is 16.8. The Morgan fingerprint density at radius 3 is 2.28 bits per heavy atom. The van der Waals surface area contributed by atoms with Crippen LogP contribution < -0.4 is 14.7 Å². The number of pyridine rings is 1. The van der Waals surface area contributed by atoms with E-state index in [4.69, 9.17) is 41.1 Å². The third-order valence-corrected chi connectivity index (χ3v) is 5.23. The first-order chi connectivity index (χ1) is 15.3. The van der Waals surface area contributed by atoms with Crippen LogP contribution in [0.1, 0.15) is 25.2 Å². The summed E-state index contributed by atoms with van der Waals surface area (Å²) in [5.41, 5.74) is 2.96. The molecule has 0 saturated heterocycles. The first kappa shape index (κ1) is 25.1. The number of nitrogens with zero attached hydrogens (tertiary/aromatic N) is 3. The largest absolute Gasteiger partial charge is 0.539 e. The lowest BCUT2D eigenvalue weighted by molar-refractivity contribution is -0.897. The van der Waals surface area contributed by atoms with Crippen molar-refractivity contribution in [3.05, 3.63) is 52.9 Å². The molecule has 0 aliphatic heterocycles. The summed E-state index contributed by atoms with van der Waals surface area (Å²) in [6.07, 6.45) is 0.756. The molecular weight excluding hydrogens is 436 g/mol. The Morgan fingerprint density at radius 1 is 1.12 bits per heavy atom. The minimum absolute atomic E-state index is 0.504. The van der Waals surface area contributed by atoms with Crippen LogP contribution in [0.5, 0.6) is 5.75 Å². The van der Waals surface area contributed by atoms with Crippen LogP contribution in [0, 0.1) is 0 Å². The molecule has 1 aromatic carbocycles. The molecule has 2 N–H and O–H groups in total. The number of carboxylic acids is 2. The molecule has 0 saturated carbocycles. The number of likely N-dealkylation sites (N-methyl/N-ethyl adjacent to an activating group) is 1. The molecule has 0 bridgehead atoms. The molecule has 2 heterocycles. The van der Waals surface area contributed by atoms with Gasteiger partial charge in [-0.3, -0.25) is 0 Å². The van der Waals surface area contributed by atoms with Gasteiger partial charge in [-0.1, -0.05) is 23.7 Å². The lowest BCUT2D eigenvalue weighted by Crippen LogP contribution is -3.11. The first-order valence-electron chi connectivity index (χ1n) is 10.2. The highest BCUT2D eigenvalue weighted by Gasteiger charge is 2.15. The van der Waals surface area contributed by atoms with Gasteiger partial charge in [-0.05, 0) is 43.7 Å². The van der Waals surface area contributed by atoms with Gasteiger partial charge >= 0.3 is 5.97 Å². The summed E-state index contributed by atoms with van der Waals surface area (Å²) in [4.78, 5) is 28.9. The molecule has 0 spiro atoms. The van der Waals surface area contributed by atoms with E-state index < -0.39 is 11.9 Å². The van der Waals surface area contributed by atoms with E-state index in [0.717, 1.165) is 55.3 Å². The second-order valence-corrected chi connectivity index (χ2v) is 7.37. The third-order valence-electron chi connectivity index (χ3n) is 5.02. The van der Waals surface area contributed by atoms with Gasteiger partial charge in [-0.15, -0.1) is 0 Å². The fourth-order valence-corrected chi connectivity index (χ4v) is 3.34. The van der Waals surface area contributed by atoms with Crippen LogP contribution in [0.2, 0.25) is 5.15 Å². The number of benzene rings is 1. The molecule has 2 aromatic heterocycles. The molecule has 0 amide bonds. The topological polar surface area (TPSA) is 122 Å². The normalized spacial score (nSPS) is 10.7. The summed E-state index contributed by atoms with van der Waals surface area (Å²) >= 11 is 6.14. The van der Waals surface area contributed by atoms with Crippen molar-refractivity contribution < 1.29 is 29.4 Å². The zero-order chi connectivity index (χ0) is 23.7. The molecular formula is C22H27ClN4O5. The molecule has 0 radical (unpaired) electrons. The maximum atomic E-state index is 9.04. The molecule has 0 aliphatic carbocycles. The van der Waals surface area contributed by atoms with E-state index in [0.29, 0.717) is 5.15 Å². The quantitative estimate of drug-likeness (QED) is 0.367. The van der Waals surface area contributed by atoms with Gasteiger partial charge in [0.15, 0.2) is 11.6 Å². The number of aromatic nitrogens is 3. The van der Waals surface area contributed by atoms with Gasteiger partial charge in [0.1, 0.15) is 22.2 Å². The second kappa shape index (κ2) is 12.0. The summed E-state index contributed by atoms with van der Waals surface area (Å²) in [5.74, 6) is -2.13. The standard InChI is InChI=1S/C20H25ClN4O.C2H2O4/c1-4-24(5-2)12-13-25-19(14-15-6-8-16(26-3)9-7-15)22-17-10-11-18(21)23-20(17)25;3-1(4)2(5)6/h6-11H,4-5,12-14H2,1-3H3;(H,3,4)(H,5,6). The number of rotatable bonds is 8. The molecule has 172 valence electrons. The summed E-state index contributed by atoms with van der Waals surface area (Å²) < 4.78 is 7.46. The molecule has 0 aliphatic rings. The van der Waals surface area contributed by atoms with E-state index >= 15 is 0 Å². The van der Waals surface area contributed by atoms with Crippen LogP contribution in [-0.4, -0.2) is 58.3 Å². The van der Waals surface area contributed by atoms with Crippen LogP contribution in [0.3, 0.4) is 0 Å². The number of halogens is 1. The van der Waals surface area contributed by atoms with Gasteiger partial charge in [-0.25, -0.2) is 14.8 Å². The maximum Gasteiger partial charge on any atom is 0.351 e. The summed E-state index contributed by atoms with van der Waals surface area (Å²) in [7, 11) is 1.68. The lowest BCUT2D eigenvalue weighted by Gasteiger charge is -2.17. The van der Waals surface area contributed by atoms with E-state index in [1.165, 1.54) is 5.56 Å². The van der Waals surface area contributed by atoms with Gasteiger partial charge in [-0.2, -0.15) is 0 Å². The van der Waals surface area contributed by atoms with Crippen LogP contribution in [0.25, 0.3) is 11.2 Å². The monoisotopic (exact) mass is 462 g/mol. The zero-order valence-electron chi connectivity index (χ0n) is 18.3. The Balaban J connectivity index is 0.000000534. The molecule has 3 aromatic rings. The molecule has 10 heteroatoms. The van der Waals surface area contributed by atoms with Crippen molar-refractivity contribution >= 4 is 34.7 Å². The van der Waals surface area contributed by atoms with Crippen LogP contribution >= 0.6 is 11.6 Å². The summed E-state index contributed by atoms with van der Waals surface area (Å²) in [6.45, 7) is 8.60. The number of hydrogen-bond acceptors (Lipinski definition) is 6. The van der Waals surface area contributed by atoms with E-state index in [-0.39, 0.29) is 0 Å². The fraction of sp³-hybridized carbons (Fsp3) is 0.364. The average Bonchev–Trinajstić information content (AvgIpc) is 3.11. The highest BCUT2D eigenvalue weighted by molar-refractivity contribution is 6.29. The smallest absolute Gasteiger partial charge is 0.351 e. The highest BCUT2D eigenvalue weighted by atomic mass is 35.5. The van der Waals surface area contributed by atoms with Crippen molar-refractivity contribution in [2.24, 2.45) is 0 Å². The Bertz CT molecular complexity index is 1040. The number of carboxylic acid groups (broad SMARTS) is 2.